The molecule has 2 aromatic carbocycles. The second-order valence-electron chi connectivity index (χ2n) is 6.32. The highest BCUT2D eigenvalue weighted by Gasteiger charge is 2.26. The molecule has 142 valence electrons. The maximum Gasteiger partial charge on any atom is 0.251 e. The van der Waals surface area contributed by atoms with Crippen LogP contribution in [0.5, 0.6) is 0 Å². The molecule has 3 rings (SSSR count). The Balaban J connectivity index is 1.83. The van der Waals surface area contributed by atoms with Crippen molar-refractivity contribution in [3.05, 3.63) is 63.6 Å². The van der Waals surface area contributed by atoms with Crippen molar-refractivity contribution in [1.82, 2.24) is 4.31 Å². The fraction of sp³-hybridized carbons (Fsp3) is 0.211. The highest BCUT2D eigenvalue weighted by molar-refractivity contribution is 7.89. The fourth-order valence-electron chi connectivity index (χ4n) is 2.87. The summed E-state index contributed by atoms with van der Waals surface area (Å²) in [6.07, 6.45) is 3.70. The smallest absolute Gasteiger partial charge is 0.251 e. The Morgan fingerprint density at radius 3 is 2.56 bits per heavy atom. The summed E-state index contributed by atoms with van der Waals surface area (Å²) in [5.41, 5.74) is 2.26. The third-order valence-electron chi connectivity index (χ3n) is 4.36. The molecule has 0 saturated heterocycles. The van der Waals surface area contributed by atoms with E-state index in [4.69, 9.17) is 23.2 Å². The lowest BCUT2D eigenvalue weighted by Gasteiger charge is -2.16. The Hall–Kier alpha value is -1.86. The summed E-state index contributed by atoms with van der Waals surface area (Å²) in [4.78, 5) is 14.4. The van der Waals surface area contributed by atoms with Gasteiger partial charge in [-0.25, -0.2) is 12.7 Å². The average Bonchev–Trinajstić information content (AvgIpc) is 3.03. The highest BCUT2D eigenvalue weighted by atomic mass is 35.5. The number of hydrogen-bond acceptors (Lipinski definition) is 3. The Kier molecular flexibility index (Phi) is 5.63. The number of carbonyl (C=O) groups excluding carboxylic acids is 1. The standard InChI is InChI=1S/C19H18Cl2N2O3S/c1-22(2)27(25,26)16-6-7-18-14(11-16)9-10-23(18)19(24)8-4-13-3-5-15(20)12-17(13)21/h3-8,11-12H,9-10H2,1-2H3/b8-4+. The Morgan fingerprint density at radius 1 is 1.15 bits per heavy atom. The van der Waals surface area contributed by atoms with Crippen LogP contribution in [0.3, 0.4) is 0 Å². The summed E-state index contributed by atoms with van der Waals surface area (Å²) in [7, 11) is -0.518. The molecule has 0 N–H and O–H groups in total. The van der Waals surface area contributed by atoms with Gasteiger partial charge in [-0.3, -0.25) is 4.79 Å². The van der Waals surface area contributed by atoms with Gasteiger partial charge in [-0.15, -0.1) is 0 Å². The molecule has 1 amide bonds. The van der Waals surface area contributed by atoms with Crippen molar-refractivity contribution in [3.63, 3.8) is 0 Å². The predicted molar refractivity (Wildman–Crippen MR) is 109 cm³/mol. The molecule has 1 heterocycles. The number of amides is 1. The zero-order chi connectivity index (χ0) is 19.8. The van der Waals surface area contributed by atoms with E-state index in [2.05, 4.69) is 0 Å². The van der Waals surface area contributed by atoms with Gasteiger partial charge in [-0.05, 0) is 54.0 Å². The first kappa shape index (κ1) is 19.9. The number of hydrogen-bond donors (Lipinski definition) is 0. The molecule has 1 aliphatic heterocycles. The molecule has 8 heteroatoms. The first-order valence-electron chi connectivity index (χ1n) is 8.20. The number of rotatable bonds is 4. The minimum absolute atomic E-state index is 0.192. The van der Waals surface area contributed by atoms with Crippen LogP contribution in [0.2, 0.25) is 10.0 Å². The van der Waals surface area contributed by atoms with E-state index in [1.165, 1.54) is 30.5 Å². The van der Waals surface area contributed by atoms with Gasteiger partial charge in [0.05, 0.1) is 4.90 Å². The van der Waals surface area contributed by atoms with E-state index in [1.807, 2.05) is 0 Å². The van der Waals surface area contributed by atoms with Gasteiger partial charge in [0, 0.05) is 42.4 Å². The third kappa shape index (κ3) is 4.04. The van der Waals surface area contributed by atoms with Crippen molar-refractivity contribution in [2.24, 2.45) is 0 Å². The van der Waals surface area contributed by atoms with E-state index >= 15 is 0 Å². The molecule has 27 heavy (non-hydrogen) atoms. The third-order valence-corrected chi connectivity index (χ3v) is 6.73. The second kappa shape index (κ2) is 7.64. The fourth-order valence-corrected chi connectivity index (χ4v) is 4.29. The van der Waals surface area contributed by atoms with E-state index in [0.717, 1.165) is 11.3 Å². The van der Waals surface area contributed by atoms with Gasteiger partial charge < -0.3 is 4.90 Å². The topological polar surface area (TPSA) is 57.7 Å². The van der Waals surface area contributed by atoms with Gasteiger partial charge in [0.25, 0.3) is 5.91 Å². The lowest BCUT2D eigenvalue weighted by atomic mass is 10.2. The summed E-state index contributed by atoms with van der Waals surface area (Å²) >= 11 is 12.0. The van der Waals surface area contributed by atoms with E-state index < -0.39 is 10.0 Å². The Morgan fingerprint density at radius 2 is 1.89 bits per heavy atom. The van der Waals surface area contributed by atoms with Crippen molar-refractivity contribution in [2.45, 2.75) is 11.3 Å². The molecule has 0 fully saturated rings. The maximum absolute atomic E-state index is 12.6. The van der Waals surface area contributed by atoms with Crippen LogP contribution in [-0.2, 0) is 21.2 Å². The van der Waals surface area contributed by atoms with Crippen LogP contribution in [0.15, 0.2) is 47.4 Å². The number of benzene rings is 2. The van der Waals surface area contributed by atoms with E-state index in [9.17, 15) is 13.2 Å². The largest absolute Gasteiger partial charge is 0.308 e. The van der Waals surface area contributed by atoms with E-state index in [1.54, 1.807) is 41.3 Å². The first-order chi connectivity index (χ1) is 12.7. The lowest BCUT2D eigenvalue weighted by molar-refractivity contribution is -0.114. The van der Waals surface area contributed by atoms with Crippen molar-refractivity contribution in [1.29, 1.82) is 0 Å². The van der Waals surface area contributed by atoms with E-state index in [0.29, 0.717) is 28.6 Å². The van der Waals surface area contributed by atoms with Crippen LogP contribution in [-0.4, -0.2) is 39.3 Å². The minimum atomic E-state index is -3.50. The summed E-state index contributed by atoms with van der Waals surface area (Å²) in [5.74, 6) is -0.192. The number of anilines is 1. The molecule has 0 spiro atoms. The molecule has 0 saturated carbocycles. The predicted octanol–water partition coefficient (Wildman–Crippen LogP) is 3.85. The molecular weight excluding hydrogens is 407 g/mol. The van der Waals surface area contributed by atoms with Crippen LogP contribution in [0.25, 0.3) is 6.08 Å². The molecule has 0 unspecified atom stereocenters. The van der Waals surface area contributed by atoms with Crippen LogP contribution >= 0.6 is 23.2 Å². The molecule has 2 aromatic rings. The van der Waals surface area contributed by atoms with Crippen molar-refractivity contribution in [2.75, 3.05) is 25.5 Å². The molecule has 0 atom stereocenters. The van der Waals surface area contributed by atoms with Crippen molar-refractivity contribution in [3.8, 4) is 0 Å². The molecule has 0 aromatic heterocycles. The lowest BCUT2D eigenvalue weighted by Crippen LogP contribution is -2.27. The second-order valence-corrected chi connectivity index (χ2v) is 9.31. The molecule has 0 aliphatic carbocycles. The number of sulfonamides is 1. The monoisotopic (exact) mass is 424 g/mol. The average molecular weight is 425 g/mol. The number of nitrogens with zero attached hydrogens (tertiary/aromatic N) is 2. The van der Waals surface area contributed by atoms with Crippen molar-refractivity contribution >= 4 is 50.9 Å². The molecule has 1 aliphatic rings. The Labute approximate surface area is 168 Å². The van der Waals surface area contributed by atoms with Crippen LogP contribution in [0, 0.1) is 0 Å². The number of fused-ring (bicyclic) bond motifs is 1. The maximum atomic E-state index is 12.6. The Bertz CT molecular complexity index is 1030. The quantitative estimate of drug-likeness (QED) is 0.700. The summed E-state index contributed by atoms with van der Waals surface area (Å²) in [5, 5.41) is 0.993. The number of halogens is 2. The SMILES string of the molecule is CN(C)S(=O)(=O)c1ccc2c(c1)CCN2C(=O)/C=C/c1ccc(Cl)cc1Cl. The molecule has 0 radical (unpaired) electrons. The zero-order valence-corrected chi connectivity index (χ0v) is 17.1. The van der Waals surface area contributed by atoms with Crippen LogP contribution < -0.4 is 4.90 Å². The summed E-state index contributed by atoms with van der Waals surface area (Å²) in [6.45, 7) is 0.498. The van der Waals surface area contributed by atoms with Crippen LogP contribution in [0.4, 0.5) is 5.69 Å². The zero-order valence-electron chi connectivity index (χ0n) is 14.8. The van der Waals surface area contributed by atoms with Crippen molar-refractivity contribution < 1.29 is 13.2 Å². The van der Waals surface area contributed by atoms with Gasteiger partial charge in [0.1, 0.15) is 0 Å². The number of carbonyl (C=O) groups is 1. The summed E-state index contributed by atoms with van der Waals surface area (Å²) < 4.78 is 25.7. The van der Waals surface area contributed by atoms with Crippen LogP contribution in [0.1, 0.15) is 11.1 Å². The summed E-state index contributed by atoms with van der Waals surface area (Å²) in [6, 6.07) is 9.91. The van der Waals surface area contributed by atoms with Gasteiger partial charge >= 0.3 is 0 Å². The molecule has 5 nitrogen and oxygen atoms in total. The van der Waals surface area contributed by atoms with Gasteiger partial charge in [0.15, 0.2) is 0 Å². The van der Waals surface area contributed by atoms with Gasteiger partial charge in [-0.2, -0.15) is 0 Å². The minimum Gasteiger partial charge on any atom is -0.308 e. The van der Waals surface area contributed by atoms with Gasteiger partial charge in [-0.1, -0.05) is 29.3 Å². The molecule has 0 bridgehead atoms. The van der Waals surface area contributed by atoms with Gasteiger partial charge in [0.2, 0.25) is 10.0 Å². The normalized spacial score (nSPS) is 14.2. The molecular formula is C19H18Cl2N2O3S. The van der Waals surface area contributed by atoms with E-state index in [-0.39, 0.29) is 10.8 Å². The highest BCUT2D eigenvalue weighted by Crippen LogP contribution is 2.31. The first-order valence-corrected chi connectivity index (χ1v) is 10.4.